The molecular formula is C23H30N3NaO7. The van der Waals surface area contributed by atoms with Crippen molar-refractivity contribution < 1.29 is 63.3 Å². The fourth-order valence-electron chi connectivity index (χ4n) is 2.54. The number of aliphatic carboxylic acids is 1. The molecule has 0 atom stereocenters. The van der Waals surface area contributed by atoms with Crippen LogP contribution < -0.4 is 60.1 Å². The first kappa shape index (κ1) is 31.2. The van der Waals surface area contributed by atoms with Gasteiger partial charge in [0.25, 0.3) is 5.91 Å². The Morgan fingerprint density at radius 1 is 0.853 bits per heavy atom. The van der Waals surface area contributed by atoms with E-state index in [9.17, 15) is 24.3 Å². The summed E-state index contributed by atoms with van der Waals surface area (Å²) in [5.74, 6) is -1.84. The van der Waals surface area contributed by atoms with Crippen LogP contribution in [0.3, 0.4) is 0 Å². The first-order chi connectivity index (χ1) is 15.9. The number of carboxylic acid groups (broad SMARTS) is 1. The predicted molar refractivity (Wildman–Crippen MR) is 120 cm³/mol. The summed E-state index contributed by atoms with van der Waals surface area (Å²) in [5.41, 5.74) is 0.131. The van der Waals surface area contributed by atoms with E-state index in [0.29, 0.717) is 57.7 Å². The molecule has 0 aliphatic heterocycles. The van der Waals surface area contributed by atoms with Crippen LogP contribution in [0.4, 0.5) is 0 Å². The fourth-order valence-corrected chi connectivity index (χ4v) is 2.54. The summed E-state index contributed by atoms with van der Waals surface area (Å²) < 4.78 is 11.3. The number of carbonyl (C=O) groups excluding carboxylic acids is 4. The largest absolute Gasteiger partial charge is 1.00 e. The van der Waals surface area contributed by atoms with Crippen molar-refractivity contribution in [2.75, 3.05) is 32.8 Å². The van der Waals surface area contributed by atoms with Crippen molar-refractivity contribution in [3.63, 3.8) is 0 Å². The Morgan fingerprint density at radius 2 is 1.41 bits per heavy atom. The van der Waals surface area contributed by atoms with E-state index in [1.165, 1.54) is 18.2 Å². The quantitative estimate of drug-likeness (QED) is 0.122. The molecule has 0 aromatic heterocycles. The Labute approximate surface area is 221 Å². The summed E-state index contributed by atoms with van der Waals surface area (Å²) >= 11 is 0. The normalized spacial score (nSPS) is 9.65. The van der Waals surface area contributed by atoms with Crippen LogP contribution >= 0.6 is 0 Å². The van der Waals surface area contributed by atoms with Crippen molar-refractivity contribution >= 4 is 23.7 Å². The SMILES string of the molecule is C=CC(=O)NCCCCOc1ccc(OCCCCNC(=O)C=C)c(C(=O)NCC(=O)[O-])c1.[Na+]. The van der Waals surface area contributed by atoms with Crippen LogP contribution in [0.15, 0.2) is 43.5 Å². The third-order valence-electron chi connectivity index (χ3n) is 4.23. The minimum Gasteiger partial charge on any atom is -0.548 e. The first-order valence-electron chi connectivity index (χ1n) is 10.6. The topological polar surface area (TPSA) is 146 Å². The van der Waals surface area contributed by atoms with Crippen LogP contribution in [0.2, 0.25) is 0 Å². The molecule has 1 aromatic carbocycles. The molecule has 10 nitrogen and oxygen atoms in total. The third kappa shape index (κ3) is 13.7. The van der Waals surface area contributed by atoms with Gasteiger partial charge in [-0.05, 0) is 56.0 Å². The average Bonchev–Trinajstić information content (AvgIpc) is 2.81. The minimum atomic E-state index is -1.41. The van der Waals surface area contributed by atoms with Gasteiger partial charge in [0, 0.05) is 13.1 Å². The molecule has 11 heteroatoms. The van der Waals surface area contributed by atoms with Gasteiger partial charge >= 0.3 is 29.6 Å². The van der Waals surface area contributed by atoms with Gasteiger partial charge in [-0.2, -0.15) is 0 Å². The summed E-state index contributed by atoms with van der Waals surface area (Å²) in [5, 5.41) is 18.2. The van der Waals surface area contributed by atoms with Crippen LogP contribution in [0.5, 0.6) is 11.5 Å². The number of nitrogens with one attached hydrogen (secondary N) is 3. The summed E-state index contributed by atoms with van der Waals surface area (Å²) in [7, 11) is 0. The number of carbonyl (C=O) groups is 4. The molecule has 0 aliphatic rings. The van der Waals surface area contributed by atoms with E-state index in [0.717, 1.165) is 0 Å². The Bertz CT molecular complexity index is 846. The van der Waals surface area contributed by atoms with Crippen molar-refractivity contribution in [2.45, 2.75) is 25.7 Å². The van der Waals surface area contributed by atoms with Gasteiger partial charge in [0.2, 0.25) is 11.8 Å². The molecule has 180 valence electrons. The van der Waals surface area contributed by atoms with Crippen LogP contribution in [-0.4, -0.2) is 56.5 Å². The summed E-state index contributed by atoms with van der Waals surface area (Å²) in [6.07, 6.45) is 5.06. The Hall–Kier alpha value is -2.82. The molecule has 0 aliphatic carbocycles. The maximum atomic E-state index is 12.4. The van der Waals surface area contributed by atoms with Gasteiger partial charge in [-0.25, -0.2) is 0 Å². The van der Waals surface area contributed by atoms with Crippen molar-refractivity contribution in [1.82, 2.24) is 16.0 Å². The van der Waals surface area contributed by atoms with E-state index in [2.05, 4.69) is 29.1 Å². The number of ether oxygens (including phenoxy) is 2. The van der Waals surface area contributed by atoms with Gasteiger partial charge in [-0.1, -0.05) is 13.2 Å². The number of hydrogen-bond acceptors (Lipinski definition) is 7. The molecule has 0 spiro atoms. The van der Waals surface area contributed by atoms with Gasteiger partial charge in [0.1, 0.15) is 11.5 Å². The second kappa shape index (κ2) is 18.6. The van der Waals surface area contributed by atoms with E-state index in [4.69, 9.17) is 9.47 Å². The molecule has 1 aromatic rings. The van der Waals surface area contributed by atoms with Gasteiger partial charge in [0.15, 0.2) is 0 Å². The van der Waals surface area contributed by atoms with Gasteiger partial charge < -0.3 is 35.3 Å². The van der Waals surface area contributed by atoms with Gasteiger partial charge in [0.05, 0.1) is 31.3 Å². The predicted octanol–water partition coefficient (Wildman–Crippen LogP) is -2.91. The first-order valence-corrected chi connectivity index (χ1v) is 10.6. The number of amides is 3. The molecule has 0 fully saturated rings. The van der Waals surface area contributed by atoms with Crippen molar-refractivity contribution in [2.24, 2.45) is 0 Å². The van der Waals surface area contributed by atoms with Crippen molar-refractivity contribution in [3.8, 4) is 11.5 Å². The maximum Gasteiger partial charge on any atom is 1.00 e. The van der Waals surface area contributed by atoms with E-state index in [-0.39, 0.29) is 52.7 Å². The number of unbranched alkanes of at least 4 members (excludes halogenated alkanes) is 2. The second-order valence-electron chi connectivity index (χ2n) is 6.81. The molecule has 0 radical (unpaired) electrons. The Morgan fingerprint density at radius 3 is 1.94 bits per heavy atom. The van der Waals surface area contributed by atoms with Crippen molar-refractivity contribution in [3.05, 3.63) is 49.1 Å². The molecule has 1 rings (SSSR count). The van der Waals surface area contributed by atoms with Crippen LogP contribution in [0.1, 0.15) is 36.0 Å². The van der Waals surface area contributed by atoms with Gasteiger partial charge in [-0.15, -0.1) is 0 Å². The van der Waals surface area contributed by atoms with Gasteiger partial charge in [-0.3, -0.25) is 14.4 Å². The molecule has 0 saturated carbocycles. The van der Waals surface area contributed by atoms with Crippen LogP contribution in [-0.2, 0) is 14.4 Å². The molecule has 0 saturated heterocycles. The molecule has 3 amide bonds. The minimum absolute atomic E-state index is 0. The van der Waals surface area contributed by atoms with Crippen molar-refractivity contribution in [1.29, 1.82) is 0 Å². The van der Waals surface area contributed by atoms with E-state index >= 15 is 0 Å². The number of carboxylic acids is 1. The van der Waals surface area contributed by atoms with E-state index < -0.39 is 18.4 Å². The van der Waals surface area contributed by atoms with E-state index in [1.807, 2.05) is 0 Å². The molecule has 34 heavy (non-hydrogen) atoms. The summed E-state index contributed by atoms with van der Waals surface area (Å²) in [6, 6.07) is 4.70. The molecule has 3 N–H and O–H groups in total. The molecule has 0 unspecified atom stereocenters. The number of benzene rings is 1. The average molecular weight is 483 g/mol. The summed E-state index contributed by atoms with van der Waals surface area (Å²) in [6.45, 7) is 7.73. The third-order valence-corrected chi connectivity index (χ3v) is 4.23. The number of rotatable bonds is 17. The van der Waals surface area contributed by atoms with E-state index in [1.54, 1.807) is 12.1 Å². The second-order valence-corrected chi connectivity index (χ2v) is 6.81. The molecular weight excluding hydrogens is 453 g/mol. The Balaban J connectivity index is 0.0000109. The molecule has 0 bridgehead atoms. The zero-order valence-electron chi connectivity index (χ0n) is 19.5. The zero-order valence-corrected chi connectivity index (χ0v) is 21.5. The zero-order chi connectivity index (χ0) is 24.5. The summed E-state index contributed by atoms with van der Waals surface area (Å²) in [4.78, 5) is 45.3. The Kier molecular flexibility index (Phi) is 17.0. The monoisotopic (exact) mass is 483 g/mol. The molecule has 0 heterocycles. The number of hydrogen-bond donors (Lipinski definition) is 3. The smallest absolute Gasteiger partial charge is 0.548 e. The van der Waals surface area contributed by atoms with Crippen LogP contribution in [0.25, 0.3) is 0 Å². The maximum absolute atomic E-state index is 12.4. The standard InChI is InChI=1S/C23H31N3O7.Na/c1-3-20(27)24-11-5-7-13-32-17-9-10-19(18(15-17)23(31)26-16-22(29)30)33-14-8-6-12-25-21(28)4-2;/h3-4,9-10,15H,1-2,5-8,11-14,16H2,(H,24,27)(H,25,28)(H,26,31)(H,29,30);/q;+1/p-1. The van der Waals surface area contributed by atoms with Crippen LogP contribution in [0, 0.1) is 0 Å². The fraction of sp³-hybridized carbons (Fsp3) is 0.391.